The van der Waals surface area contributed by atoms with E-state index in [1.165, 1.54) is 27.1 Å². The molecule has 3 aromatic heterocycles. The molecule has 0 saturated carbocycles. The number of fused-ring (bicyclic) bond motifs is 7. The Balaban J connectivity index is 1.07. The van der Waals surface area contributed by atoms with Crippen molar-refractivity contribution in [2.24, 2.45) is 0 Å². The molecule has 252 valence electrons. The van der Waals surface area contributed by atoms with Crippen LogP contribution in [0.2, 0.25) is 0 Å². The van der Waals surface area contributed by atoms with Crippen LogP contribution >= 0.6 is 0 Å². The Morgan fingerprint density at radius 2 is 1.00 bits per heavy atom. The Labute approximate surface area is 310 Å². The maximum absolute atomic E-state index is 6.56. The normalized spacial score (nSPS) is 11.7. The number of hydrogen-bond donors (Lipinski definition) is 0. The molecule has 0 unspecified atom stereocenters. The lowest BCUT2D eigenvalue weighted by Crippen LogP contribution is -2.01. The average Bonchev–Trinajstić information content (AvgIpc) is 3.77. The van der Waals surface area contributed by atoms with Crippen molar-refractivity contribution in [2.45, 2.75) is 0 Å². The fourth-order valence-electron chi connectivity index (χ4n) is 7.87. The fourth-order valence-corrected chi connectivity index (χ4v) is 7.87. The zero-order valence-electron chi connectivity index (χ0n) is 29.0. The summed E-state index contributed by atoms with van der Waals surface area (Å²) in [6.45, 7) is 0. The highest BCUT2D eigenvalue weighted by Gasteiger charge is 2.18. The molecular weight excluding hydrogens is 661 g/mol. The Morgan fingerprint density at radius 3 is 1.81 bits per heavy atom. The molecule has 0 radical (unpaired) electrons. The van der Waals surface area contributed by atoms with Gasteiger partial charge in [0.15, 0.2) is 17.5 Å². The van der Waals surface area contributed by atoms with Crippen molar-refractivity contribution in [3.8, 4) is 51.0 Å². The highest BCUT2D eigenvalue weighted by atomic mass is 16.3. The third-order valence-corrected chi connectivity index (χ3v) is 10.4. The number of furan rings is 1. The van der Waals surface area contributed by atoms with Gasteiger partial charge in [0.25, 0.3) is 0 Å². The van der Waals surface area contributed by atoms with Crippen LogP contribution in [-0.2, 0) is 0 Å². The Morgan fingerprint density at radius 1 is 0.352 bits per heavy atom. The van der Waals surface area contributed by atoms with E-state index in [-0.39, 0.29) is 0 Å². The van der Waals surface area contributed by atoms with Crippen molar-refractivity contribution >= 4 is 54.5 Å². The van der Waals surface area contributed by atoms with Crippen LogP contribution in [0.4, 0.5) is 0 Å². The summed E-state index contributed by atoms with van der Waals surface area (Å²) in [4.78, 5) is 15.2. The van der Waals surface area contributed by atoms with E-state index < -0.39 is 0 Å². The third-order valence-electron chi connectivity index (χ3n) is 10.4. The van der Waals surface area contributed by atoms with Crippen molar-refractivity contribution in [1.29, 1.82) is 0 Å². The average molecular weight is 691 g/mol. The van der Waals surface area contributed by atoms with Crippen molar-refractivity contribution in [3.63, 3.8) is 0 Å². The number of para-hydroxylation sites is 1. The van der Waals surface area contributed by atoms with Crippen LogP contribution in [0.25, 0.3) is 105 Å². The van der Waals surface area contributed by atoms with Crippen LogP contribution in [0, 0.1) is 0 Å². The lowest BCUT2D eigenvalue weighted by Gasteiger charge is -2.12. The highest BCUT2D eigenvalue weighted by Crippen LogP contribution is 2.38. The topological polar surface area (TPSA) is 56.7 Å². The fraction of sp³-hybridized carbons (Fsp3) is 0. The molecule has 5 heteroatoms. The maximum Gasteiger partial charge on any atom is 0.164 e. The van der Waals surface area contributed by atoms with E-state index in [0.29, 0.717) is 17.5 Å². The minimum Gasteiger partial charge on any atom is -0.456 e. The highest BCUT2D eigenvalue weighted by molar-refractivity contribution is 6.14. The first kappa shape index (κ1) is 30.3. The van der Waals surface area contributed by atoms with E-state index >= 15 is 0 Å². The van der Waals surface area contributed by atoms with Gasteiger partial charge in [0.05, 0.1) is 11.0 Å². The van der Waals surface area contributed by atoms with Crippen LogP contribution in [0.3, 0.4) is 0 Å². The summed E-state index contributed by atoms with van der Waals surface area (Å²) >= 11 is 0. The van der Waals surface area contributed by atoms with Crippen LogP contribution in [-0.4, -0.2) is 19.5 Å². The second kappa shape index (κ2) is 12.1. The molecule has 0 amide bonds. The van der Waals surface area contributed by atoms with Crippen LogP contribution in [0.5, 0.6) is 0 Å². The second-order valence-corrected chi connectivity index (χ2v) is 13.6. The predicted octanol–water partition coefficient (Wildman–Crippen LogP) is 12.7. The molecule has 11 rings (SSSR count). The number of benzene rings is 8. The monoisotopic (exact) mass is 690 g/mol. The summed E-state index contributed by atoms with van der Waals surface area (Å²) in [5.41, 5.74) is 9.96. The largest absolute Gasteiger partial charge is 0.456 e. The zero-order valence-corrected chi connectivity index (χ0v) is 29.0. The summed E-state index contributed by atoms with van der Waals surface area (Å²) < 4.78 is 8.91. The first-order chi connectivity index (χ1) is 26.7. The molecule has 54 heavy (non-hydrogen) atoms. The van der Waals surface area contributed by atoms with E-state index in [9.17, 15) is 0 Å². The van der Waals surface area contributed by atoms with Crippen LogP contribution in [0.1, 0.15) is 0 Å². The van der Waals surface area contributed by atoms with Gasteiger partial charge in [0.1, 0.15) is 11.2 Å². The van der Waals surface area contributed by atoms with Gasteiger partial charge in [-0.1, -0.05) is 127 Å². The summed E-state index contributed by atoms with van der Waals surface area (Å²) in [6, 6.07) is 63.3. The van der Waals surface area contributed by atoms with Gasteiger partial charge in [0.2, 0.25) is 0 Å². The van der Waals surface area contributed by atoms with Gasteiger partial charge in [-0.3, -0.25) is 0 Å². The Bertz CT molecular complexity index is 3220. The minimum atomic E-state index is 0.604. The molecule has 0 fully saturated rings. The lowest BCUT2D eigenvalue weighted by molar-refractivity contribution is 0.668. The summed E-state index contributed by atoms with van der Waals surface area (Å²) in [6.07, 6.45) is 0. The molecule has 0 aliphatic heterocycles. The van der Waals surface area contributed by atoms with Gasteiger partial charge < -0.3 is 8.98 Å². The maximum atomic E-state index is 6.56. The Hall–Kier alpha value is -7.37. The van der Waals surface area contributed by atoms with Crippen molar-refractivity contribution in [2.75, 3.05) is 0 Å². The van der Waals surface area contributed by atoms with E-state index in [4.69, 9.17) is 19.4 Å². The first-order valence-corrected chi connectivity index (χ1v) is 18.1. The zero-order chi connectivity index (χ0) is 35.6. The number of rotatable bonds is 5. The van der Waals surface area contributed by atoms with Gasteiger partial charge >= 0.3 is 0 Å². The second-order valence-electron chi connectivity index (χ2n) is 13.6. The molecule has 0 spiro atoms. The lowest BCUT2D eigenvalue weighted by atomic mass is 9.99. The molecular formula is C49H30N4O. The van der Waals surface area contributed by atoms with E-state index in [1.807, 2.05) is 54.6 Å². The molecule has 5 nitrogen and oxygen atoms in total. The van der Waals surface area contributed by atoms with Gasteiger partial charge in [0, 0.05) is 50.0 Å². The van der Waals surface area contributed by atoms with E-state index in [1.54, 1.807) is 0 Å². The summed E-state index contributed by atoms with van der Waals surface area (Å²) in [5, 5.41) is 6.95. The molecule has 0 bridgehead atoms. The SMILES string of the molecule is c1ccc(-c2nc(-c3ccc4oc5cc(-n6c7ccccc7c7cc8ccccc8cc76)ccc5c4c3)nc(-c3ccccc3-c3ccccc3)n2)cc1. The minimum absolute atomic E-state index is 0.604. The van der Waals surface area contributed by atoms with Crippen LogP contribution in [0.15, 0.2) is 186 Å². The van der Waals surface area contributed by atoms with E-state index in [0.717, 1.165) is 61.0 Å². The molecule has 3 heterocycles. The smallest absolute Gasteiger partial charge is 0.164 e. The molecule has 0 aliphatic carbocycles. The number of nitrogens with zero attached hydrogens (tertiary/aromatic N) is 4. The molecule has 0 aliphatic rings. The van der Waals surface area contributed by atoms with Crippen molar-refractivity contribution < 1.29 is 4.42 Å². The predicted molar refractivity (Wildman–Crippen MR) is 221 cm³/mol. The van der Waals surface area contributed by atoms with E-state index in [2.05, 4.69) is 132 Å². The molecule has 0 N–H and O–H groups in total. The van der Waals surface area contributed by atoms with Gasteiger partial charge in [-0.15, -0.1) is 0 Å². The van der Waals surface area contributed by atoms with Crippen LogP contribution < -0.4 is 0 Å². The van der Waals surface area contributed by atoms with Crippen molar-refractivity contribution in [1.82, 2.24) is 19.5 Å². The number of aromatic nitrogens is 4. The molecule has 0 atom stereocenters. The van der Waals surface area contributed by atoms with Gasteiger partial charge in [-0.05, 0) is 70.4 Å². The Kier molecular flexibility index (Phi) is 6.79. The third kappa shape index (κ3) is 4.90. The summed E-state index contributed by atoms with van der Waals surface area (Å²) in [5.74, 6) is 1.85. The van der Waals surface area contributed by atoms with Gasteiger partial charge in [-0.25, -0.2) is 15.0 Å². The molecule has 11 aromatic rings. The number of hydrogen-bond acceptors (Lipinski definition) is 4. The standard InChI is InChI=1S/C49H30N4O/c1-3-13-31(14-4-1)37-19-9-10-21-40(37)49-51-47(32-15-5-2-6-16-32)50-48(52-49)35-23-26-45-42(28-35)39-25-24-36(30-46(39)54-45)53-43-22-12-11-20-38(43)41-27-33-17-7-8-18-34(33)29-44(41)53/h1-30H. The quantitative estimate of drug-likeness (QED) is 0.180. The summed E-state index contributed by atoms with van der Waals surface area (Å²) in [7, 11) is 0. The molecule has 8 aromatic carbocycles. The van der Waals surface area contributed by atoms with Crippen molar-refractivity contribution in [3.05, 3.63) is 182 Å². The van der Waals surface area contributed by atoms with Gasteiger partial charge in [-0.2, -0.15) is 0 Å². The first-order valence-electron chi connectivity index (χ1n) is 18.1. The molecule has 0 saturated heterocycles.